The molecule has 4 fully saturated rings. The van der Waals surface area contributed by atoms with Gasteiger partial charge in [0.25, 0.3) is 5.91 Å². The van der Waals surface area contributed by atoms with Gasteiger partial charge >= 0.3 is 13.5 Å². The lowest BCUT2D eigenvalue weighted by Gasteiger charge is -2.37. The van der Waals surface area contributed by atoms with Crippen molar-refractivity contribution >= 4 is 52.6 Å². The average Bonchev–Trinajstić information content (AvgIpc) is 3.53. The van der Waals surface area contributed by atoms with E-state index >= 15 is 4.39 Å². The summed E-state index contributed by atoms with van der Waals surface area (Å²) >= 11 is 1.20. The fourth-order valence-electron chi connectivity index (χ4n) is 9.14. The Morgan fingerprint density at radius 3 is 2.52 bits per heavy atom. The lowest BCUT2D eigenvalue weighted by Crippen LogP contribution is -2.57. The van der Waals surface area contributed by atoms with Crippen molar-refractivity contribution in [3.8, 4) is 5.75 Å². The number of amides is 3. The van der Waals surface area contributed by atoms with E-state index in [4.69, 9.17) is 9.26 Å². The number of pyridine rings is 1. The molecule has 0 bridgehead atoms. The van der Waals surface area contributed by atoms with Gasteiger partial charge in [-0.15, -0.1) is 11.3 Å². The molecule has 60 heavy (non-hydrogen) atoms. The van der Waals surface area contributed by atoms with E-state index < -0.39 is 43.4 Å². The molecule has 2 N–H and O–H groups in total. The Hall–Kier alpha value is -4.65. The zero-order chi connectivity index (χ0) is 42.2. The molecule has 1 aliphatic carbocycles. The number of carbonyl (C=O) groups is 4. The van der Waals surface area contributed by atoms with Gasteiger partial charge in [0.15, 0.2) is 0 Å². The van der Waals surface area contributed by atoms with Crippen molar-refractivity contribution in [2.45, 2.75) is 120 Å². The minimum absolute atomic E-state index is 0.0151. The van der Waals surface area contributed by atoms with E-state index in [9.17, 15) is 23.7 Å². The highest BCUT2D eigenvalue weighted by atomic mass is 32.1. The molecule has 7 atom stereocenters. The first-order chi connectivity index (χ1) is 28.8. The molecular formula is C45H53FN5O7PS. The third-order valence-corrected chi connectivity index (χ3v) is 15.6. The Balaban J connectivity index is 0.977. The molecule has 1 unspecified atom stereocenters. The van der Waals surface area contributed by atoms with Gasteiger partial charge in [0, 0.05) is 41.1 Å². The molecule has 2 aromatic heterocycles. The number of para-hydroxylation sites is 1. The van der Waals surface area contributed by atoms with Crippen LogP contribution in [0.2, 0.25) is 0 Å². The number of alkyl halides is 1. The second kappa shape index (κ2) is 17.4. The van der Waals surface area contributed by atoms with Gasteiger partial charge in [-0.1, -0.05) is 57.0 Å². The van der Waals surface area contributed by atoms with Crippen molar-refractivity contribution in [1.29, 1.82) is 0 Å². The van der Waals surface area contributed by atoms with E-state index in [1.54, 1.807) is 53.6 Å². The molecular weight excluding hydrogens is 805 g/mol. The SMILES string of the molecule is CC(C)COC(=O)[C@H](C)NP(=O)(Oc1ccccc1)[C@@H](F)c1ccc2sc(C(=O)N[C@H]3CCCC[C@H]4CC[C@@H](C(=O)N5C[C@@H](c6cccnc6)CC56CC6)N4C3=O)cc2c1. The van der Waals surface area contributed by atoms with Crippen LogP contribution in [0.15, 0.2) is 79.1 Å². The molecule has 3 aliphatic heterocycles. The number of esters is 1. The lowest BCUT2D eigenvalue weighted by atomic mass is 9.97. The standard InChI is InChI=1S/C45H53FN5O7PS/c1-28(2)27-57-44(55)29(3)49-59(56,58-35-12-5-4-6-13-35)40(46)30-15-18-38-32(22-30)23-39(60-38)41(52)48-36-14-8-7-11-34-16-17-37(51(34)42(36)53)43(54)50-26-33(24-45(50)19-20-45)31-10-9-21-47-25-31/h4-6,9-10,12-13,15,18,21-23,25,28-29,33-34,36-37,40H,7-8,11,14,16-17,19-20,24,26-27H2,1-3H3,(H,48,52)(H,49,56)/t29-,33-,34-,36-,37-,40+,59?/m0/s1. The van der Waals surface area contributed by atoms with Crippen LogP contribution in [0.25, 0.3) is 10.1 Å². The maximum Gasteiger partial charge on any atom is 0.355 e. The minimum Gasteiger partial charge on any atom is -0.464 e. The molecule has 0 radical (unpaired) electrons. The number of benzene rings is 2. The largest absolute Gasteiger partial charge is 0.464 e. The zero-order valence-electron chi connectivity index (χ0n) is 34.3. The molecule has 4 aromatic rings. The van der Waals surface area contributed by atoms with E-state index in [1.807, 2.05) is 26.1 Å². The number of fused-ring (bicyclic) bond motifs is 2. The van der Waals surface area contributed by atoms with E-state index in [-0.39, 0.29) is 53.2 Å². The molecule has 8 rings (SSSR count). The summed E-state index contributed by atoms with van der Waals surface area (Å²) in [5, 5.41) is 6.16. The van der Waals surface area contributed by atoms with Crippen LogP contribution < -0.4 is 14.9 Å². The monoisotopic (exact) mass is 857 g/mol. The fraction of sp³-hybridized carbons (Fsp3) is 0.489. The molecule has 5 heterocycles. The van der Waals surface area contributed by atoms with Gasteiger partial charge in [-0.2, -0.15) is 0 Å². The summed E-state index contributed by atoms with van der Waals surface area (Å²) in [7, 11) is -4.46. The highest BCUT2D eigenvalue weighted by Crippen LogP contribution is 2.58. The summed E-state index contributed by atoms with van der Waals surface area (Å²) in [6.07, 6.45) is 10.8. The predicted octanol–water partition coefficient (Wildman–Crippen LogP) is 8.29. The Kier molecular flexibility index (Phi) is 12.2. The summed E-state index contributed by atoms with van der Waals surface area (Å²) in [6.45, 7) is 5.99. The van der Waals surface area contributed by atoms with Crippen molar-refractivity contribution in [3.63, 3.8) is 0 Å². The number of likely N-dealkylation sites (tertiary alicyclic amines) is 1. The first kappa shape index (κ1) is 42.1. The van der Waals surface area contributed by atoms with Crippen LogP contribution in [-0.2, 0) is 23.7 Å². The van der Waals surface area contributed by atoms with Gasteiger partial charge in [0.05, 0.1) is 11.5 Å². The van der Waals surface area contributed by atoms with Crippen molar-refractivity contribution in [1.82, 2.24) is 25.2 Å². The number of nitrogens with one attached hydrogen (secondary N) is 2. The summed E-state index contributed by atoms with van der Waals surface area (Å²) in [6, 6.07) is 15.9. The molecule has 12 nitrogen and oxygen atoms in total. The van der Waals surface area contributed by atoms with Gasteiger partial charge < -0.3 is 24.4 Å². The summed E-state index contributed by atoms with van der Waals surface area (Å²) in [4.78, 5) is 64.1. The quantitative estimate of drug-likeness (QED) is 0.100. The van der Waals surface area contributed by atoms with E-state index in [1.165, 1.54) is 30.4 Å². The fourth-order valence-corrected chi connectivity index (χ4v) is 12.0. The second-order valence-corrected chi connectivity index (χ2v) is 20.5. The van der Waals surface area contributed by atoms with E-state index in [0.717, 1.165) is 50.5 Å². The first-order valence-electron chi connectivity index (χ1n) is 21.1. The van der Waals surface area contributed by atoms with Crippen LogP contribution in [-0.4, -0.2) is 81.3 Å². The van der Waals surface area contributed by atoms with Gasteiger partial charge in [0.2, 0.25) is 17.7 Å². The number of ether oxygens (including phenoxy) is 1. The van der Waals surface area contributed by atoms with Crippen LogP contribution in [0, 0.1) is 5.92 Å². The molecule has 3 saturated heterocycles. The average molecular weight is 858 g/mol. The topological polar surface area (TPSA) is 147 Å². The van der Waals surface area contributed by atoms with Gasteiger partial charge in [-0.25, -0.2) is 9.48 Å². The summed E-state index contributed by atoms with van der Waals surface area (Å²) in [5.41, 5.74) is 1.01. The van der Waals surface area contributed by atoms with Crippen molar-refractivity contribution in [2.24, 2.45) is 5.92 Å². The second-order valence-electron chi connectivity index (χ2n) is 17.3. The zero-order valence-corrected chi connectivity index (χ0v) is 36.0. The van der Waals surface area contributed by atoms with Crippen LogP contribution in [0.5, 0.6) is 5.75 Å². The number of thiophene rings is 1. The normalized spacial score (nSPS) is 24.3. The lowest BCUT2D eigenvalue weighted by molar-refractivity contribution is -0.148. The van der Waals surface area contributed by atoms with Gasteiger partial charge in [-0.3, -0.25) is 28.7 Å². The van der Waals surface area contributed by atoms with Gasteiger partial charge in [-0.05, 0) is 111 Å². The van der Waals surface area contributed by atoms with Crippen LogP contribution >= 0.6 is 18.9 Å². The Morgan fingerprint density at radius 1 is 1.00 bits per heavy atom. The Labute approximate surface area is 354 Å². The number of nitrogens with zero attached hydrogens (tertiary/aromatic N) is 3. The molecule has 4 aliphatic rings. The molecule has 1 saturated carbocycles. The number of rotatable bonds is 13. The van der Waals surface area contributed by atoms with Gasteiger partial charge in [0.1, 0.15) is 23.9 Å². The minimum atomic E-state index is -4.46. The maximum atomic E-state index is 16.6. The van der Waals surface area contributed by atoms with Crippen LogP contribution in [0.3, 0.4) is 0 Å². The van der Waals surface area contributed by atoms with Crippen molar-refractivity contribution in [2.75, 3.05) is 13.2 Å². The number of hydrogen-bond donors (Lipinski definition) is 2. The highest BCUT2D eigenvalue weighted by Gasteiger charge is 2.58. The van der Waals surface area contributed by atoms with E-state index in [0.29, 0.717) is 34.3 Å². The number of halogens is 1. The van der Waals surface area contributed by atoms with Crippen LogP contribution in [0.1, 0.15) is 111 Å². The number of hydrogen-bond acceptors (Lipinski definition) is 9. The van der Waals surface area contributed by atoms with Crippen molar-refractivity contribution < 1.29 is 37.4 Å². The van der Waals surface area contributed by atoms with Crippen molar-refractivity contribution in [3.05, 3.63) is 95.1 Å². The molecule has 3 amide bonds. The molecule has 2 aromatic carbocycles. The van der Waals surface area contributed by atoms with E-state index in [2.05, 4.69) is 26.4 Å². The highest BCUT2D eigenvalue weighted by molar-refractivity contribution is 7.57. The Bertz CT molecular complexity index is 2270. The predicted molar refractivity (Wildman–Crippen MR) is 227 cm³/mol. The summed E-state index contributed by atoms with van der Waals surface area (Å²) < 4.78 is 42.8. The third-order valence-electron chi connectivity index (χ3n) is 12.4. The smallest absolute Gasteiger partial charge is 0.355 e. The number of carbonyl (C=O) groups excluding carboxylic acids is 4. The molecule has 1 spiro atoms. The number of aromatic nitrogens is 1. The third kappa shape index (κ3) is 8.74. The first-order valence-corrected chi connectivity index (χ1v) is 23.7. The Morgan fingerprint density at radius 2 is 1.78 bits per heavy atom. The molecule has 15 heteroatoms. The maximum absolute atomic E-state index is 16.6. The molecule has 318 valence electrons. The summed E-state index contributed by atoms with van der Waals surface area (Å²) in [5.74, 6) is -3.06. The van der Waals surface area contributed by atoms with Crippen LogP contribution in [0.4, 0.5) is 4.39 Å².